The van der Waals surface area contributed by atoms with Gasteiger partial charge in [0.25, 0.3) is 0 Å². The SMILES string of the molecule is CC/C=C\C/C=C\C/C=C\CCCCCCCCCC(=O)OCC(COP(=O)(O)OCC(O)COP(=O)(O)OCC(COC(=O)CCCCCCCC/C=C\C/C=C\C/C=C\CCCCC)OC(=O)CCCCCCC/C=C\C/C=C\CCCCC)OC(=O)CCCCCCC/C=C\CCCCCC. The lowest BCUT2D eigenvalue weighted by Gasteiger charge is -2.21. The molecule has 600 valence electrons. The van der Waals surface area contributed by atoms with Crippen molar-refractivity contribution < 1.29 is 80.2 Å². The Morgan fingerprint density at radius 2 is 0.500 bits per heavy atom. The van der Waals surface area contributed by atoms with Gasteiger partial charge in [-0.3, -0.25) is 37.3 Å². The van der Waals surface area contributed by atoms with Gasteiger partial charge < -0.3 is 33.8 Å². The molecule has 0 heterocycles. The summed E-state index contributed by atoms with van der Waals surface area (Å²) < 4.78 is 68.7. The average molecular weight is 1500 g/mol. The fraction of sp³-hybridized carbons (Fsp3) is 0.741. The van der Waals surface area contributed by atoms with Gasteiger partial charge in [-0.1, -0.05) is 278 Å². The molecule has 0 rings (SSSR count). The molecule has 0 saturated heterocycles. The van der Waals surface area contributed by atoms with Crippen LogP contribution in [-0.4, -0.2) is 96.7 Å². The van der Waals surface area contributed by atoms with Crippen LogP contribution in [0.4, 0.5) is 0 Å². The summed E-state index contributed by atoms with van der Waals surface area (Å²) in [5.74, 6) is -2.21. The molecule has 0 aliphatic heterocycles. The smallest absolute Gasteiger partial charge is 0.462 e. The number of aliphatic hydroxyl groups excluding tert-OH is 1. The number of phosphoric acid groups is 2. The summed E-state index contributed by atoms with van der Waals surface area (Å²) in [4.78, 5) is 73.1. The van der Waals surface area contributed by atoms with Crippen molar-refractivity contribution in [3.8, 4) is 0 Å². The van der Waals surface area contributed by atoms with Crippen molar-refractivity contribution >= 4 is 39.5 Å². The Bertz CT molecular complexity index is 2390. The van der Waals surface area contributed by atoms with E-state index in [1.165, 1.54) is 64.2 Å². The second kappa shape index (κ2) is 76.9. The number of carbonyl (C=O) groups excluding carboxylic acids is 4. The fourth-order valence-electron chi connectivity index (χ4n) is 10.9. The van der Waals surface area contributed by atoms with Crippen LogP contribution in [0.1, 0.15) is 349 Å². The first kappa shape index (κ1) is 99.7. The number of phosphoric ester groups is 2. The van der Waals surface area contributed by atoms with Crippen molar-refractivity contribution in [3.63, 3.8) is 0 Å². The Balaban J connectivity index is 5.36. The number of hydrogen-bond acceptors (Lipinski definition) is 15. The molecule has 17 nitrogen and oxygen atoms in total. The van der Waals surface area contributed by atoms with Gasteiger partial charge in [-0.15, -0.1) is 0 Å². The van der Waals surface area contributed by atoms with Gasteiger partial charge in [0, 0.05) is 25.7 Å². The summed E-state index contributed by atoms with van der Waals surface area (Å²) in [6, 6.07) is 0. The molecule has 5 atom stereocenters. The van der Waals surface area contributed by atoms with Gasteiger partial charge in [-0.2, -0.15) is 0 Å². The predicted molar refractivity (Wildman–Crippen MR) is 427 cm³/mol. The van der Waals surface area contributed by atoms with Crippen molar-refractivity contribution in [1.82, 2.24) is 0 Å². The molecular weight excluding hydrogens is 1350 g/mol. The molecule has 0 fully saturated rings. The summed E-state index contributed by atoms with van der Waals surface area (Å²) in [7, 11) is -9.97. The topological polar surface area (TPSA) is 237 Å². The molecule has 0 spiro atoms. The maximum absolute atomic E-state index is 13.1. The van der Waals surface area contributed by atoms with Crippen LogP contribution in [0.2, 0.25) is 0 Å². The van der Waals surface area contributed by atoms with Crippen LogP contribution in [0.5, 0.6) is 0 Å². The number of aliphatic hydroxyl groups is 1. The molecule has 0 aliphatic carbocycles. The van der Waals surface area contributed by atoms with Crippen molar-refractivity contribution in [2.75, 3.05) is 39.6 Å². The number of unbranched alkanes of at least 4 members (excludes halogenated alkanes) is 33. The third-order valence-corrected chi connectivity index (χ3v) is 19.1. The lowest BCUT2D eigenvalue weighted by atomic mass is 10.1. The molecule has 0 aromatic rings. The minimum absolute atomic E-state index is 0.0753. The molecule has 0 saturated carbocycles. The van der Waals surface area contributed by atoms with E-state index in [1.54, 1.807) is 0 Å². The molecule has 19 heteroatoms. The molecule has 0 amide bonds. The largest absolute Gasteiger partial charge is 0.472 e. The molecule has 3 N–H and O–H groups in total. The molecule has 0 aromatic carbocycles. The number of allylic oxidation sites excluding steroid dienone is 18. The fourth-order valence-corrected chi connectivity index (χ4v) is 12.5. The molecular formula is C85H148O17P2. The molecule has 5 unspecified atom stereocenters. The van der Waals surface area contributed by atoms with Gasteiger partial charge in [-0.25, -0.2) is 9.13 Å². The van der Waals surface area contributed by atoms with Crippen molar-refractivity contribution in [1.29, 1.82) is 0 Å². The molecule has 104 heavy (non-hydrogen) atoms. The van der Waals surface area contributed by atoms with Crippen LogP contribution >= 0.6 is 15.6 Å². The zero-order valence-corrected chi connectivity index (χ0v) is 67.5. The van der Waals surface area contributed by atoms with E-state index in [9.17, 15) is 43.2 Å². The first-order valence-corrected chi connectivity index (χ1v) is 44.1. The minimum atomic E-state index is -4.99. The zero-order chi connectivity index (χ0) is 76.0. The van der Waals surface area contributed by atoms with Gasteiger partial charge in [0.2, 0.25) is 0 Å². The maximum Gasteiger partial charge on any atom is 0.472 e. The Labute approximate surface area is 632 Å². The zero-order valence-electron chi connectivity index (χ0n) is 65.7. The van der Waals surface area contributed by atoms with Crippen LogP contribution in [0, 0.1) is 0 Å². The average Bonchev–Trinajstić information content (AvgIpc) is 0.918. The Kier molecular flexibility index (Phi) is 73.7. The van der Waals surface area contributed by atoms with E-state index in [-0.39, 0.29) is 25.7 Å². The highest BCUT2D eigenvalue weighted by Crippen LogP contribution is 2.45. The highest BCUT2D eigenvalue weighted by atomic mass is 31.2. The van der Waals surface area contributed by atoms with E-state index in [2.05, 4.69) is 137 Å². The van der Waals surface area contributed by atoms with Gasteiger partial charge in [-0.05, 0) is 154 Å². The van der Waals surface area contributed by atoms with E-state index in [0.717, 1.165) is 205 Å². The highest BCUT2D eigenvalue weighted by molar-refractivity contribution is 7.47. The predicted octanol–water partition coefficient (Wildman–Crippen LogP) is 24.1. The minimum Gasteiger partial charge on any atom is -0.462 e. The summed E-state index contributed by atoms with van der Waals surface area (Å²) >= 11 is 0. The third kappa shape index (κ3) is 75.9. The second-order valence-corrected chi connectivity index (χ2v) is 30.2. The number of hydrogen-bond donors (Lipinski definition) is 3. The Morgan fingerprint density at radius 1 is 0.279 bits per heavy atom. The molecule has 0 radical (unpaired) electrons. The number of carbonyl (C=O) groups is 4. The molecule has 0 aliphatic rings. The van der Waals surface area contributed by atoms with E-state index < -0.39 is 97.5 Å². The van der Waals surface area contributed by atoms with Gasteiger partial charge in [0.15, 0.2) is 12.2 Å². The first-order valence-electron chi connectivity index (χ1n) is 41.1. The van der Waals surface area contributed by atoms with Crippen molar-refractivity contribution in [2.24, 2.45) is 0 Å². The molecule has 0 aromatic heterocycles. The second-order valence-electron chi connectivity index (χ2n) is 27.3. The van der Waals surface area contributed by atoms with Gasteiger partial charge in [0.05, 0.1) is 26.4 Å². The number of rotatable bonds is 77. The van der Waals surface area contributed by atoms with Crippen LogP contribution in [0.15, 0.2) is 109 Å². The lowest BCUT2D eigenvalue weighted by Crippen LogP contribution is -2.30. The maximum atomic E-state index is 13.1. The summed E-state index contributed by atoms with van der Waals surface area (Å²) in [6.45, 7) is 4.69. The van der Waals surface area contributed by atoms with Crippen LogP contribution in [0.25, 0.3) is 0 Å². The number of esters is 4. The van der Waals surface area contributed by atoms with E-state index in [0.29, 0.717) is 25.7 Å². The summed E-state index contributed by atoms with van der Waals surface area (Å²) in [5.41, 5.74) is 0. The van der Waals surface area contributed by atoms with Crippen molar-refractivity contribution in [2.45, 2.75) is 367 Å². The van der Waals surface area contributed by atoms with Crippen LogP contribution in [0.3, 0.4) is 0 Å². The van der Waals surface area contributed by atoms with E-state index in [1.807, 2.05) is 0 Å². The lowest BCUT2D eigenvalue weighted by molar-refractivity contribution is -0.161. The van der Waals surface area contributed by atoms with E-state index in [4.69, 9.17) is 37.0 Å². The molecule has 0 bridgehead atoms. The quantitative estimate of drug-likeness (QED) is 0.0169. The van der Waals surface area contributed by atoms with Gasteiger partial charge >= 0.3 is 39.5 Å². The normalized spacial score (nSPS) is 14.4. The van der Waals surface area contributed by atoms with Crippen molar-refractivity contribution in [3.05, 3.63) is 109 Å². The Morgan fingerprint density at radius 3 is 0.798 bits per heavy atom. The van der Waals surface area contributed by atoms with Gasteiger partial charge in [0.1, 0.15) is 19.3 Å². The standard InChI is InChI=1S/C85H148O17P2/c1-5-9-13-17-21-25-29-33-36-38-39-41-44-47-50-54-58-62-66-70-83(88)96-76-81(102-85(90)72-68-64-60-56-52-48-42-35-31-27-23-19-15-11-7-3)78-100-104(93,94)98-74-79(86)73-97-103(91,92)99-77-80(101-84(89)71-67-63-59-55-51-45-32-28-24-20-16-12-8-4)75-95-82(87)69-65-61-57-53-49-46-43-40-37-34-30-26-22-18-14-10-6-2/h10,14,21-23,25-28,32-37,39,41-42,79-81,86H,5-9,11-13,15-20,24,29-31,38,40,43-78H2,1-4H3,(H,91,92)(H,93,94)/b14-10-,25-21-,26-22-,27-23-,32-28-,36-33-,37-34-,41-39-,42-35-. The first-order chi connectivity index (χ1) is 50.7. The summed E-state index contributed by atoms with van der Waals surface area (Å²) in [5, 5.41) is 10.6. The summed E-state index contributed by atoms with van der Waals surface area (Å²) in [6.07, 6.45) is 83.4. The van der Waals surface area contributed by atoms with Crippen LogP contribution in [-0.2, 0) is 65.4 Å². The third-order valence-electron chi connectivity index (χ3n) is 17.2. The van der Waals surface area contributed by atoms with E-state index >= 15 is 0 Å². The monoisotopic (exact) mass is 1500 g/mol. The highest BCUT2D eigenvalue weighted by Gasteiger charge is 2.30. The van der Waals surface area contributed by atoms with Crippen LogP contribution < -0.4 is 0 Å². The number of ether oxygens (including phenoxy) is 4. The Hall–Kier alpha value is -4.28.